The Morgan fingerprint density at radius 1 is 1.30 bits per heavy atom. The third kappa shape index (κ3) is 3.94. The molecule has 1 aromatic carbocycles. The normalized spacial score (nSPS) is 14.6. The third-order valence-corrected chi connectivity index (χ3v) is 4.66. The molecule has 0 fully saturated rings. The lowest BCUT2D eigenvalue weighted by Gasteiger charge is -2.20. The second-order valence-electron chi connectivity index (χ2n) is 4.46. The maximum Gasteiger partial charge on any atom is 0.417 e. The van der Waals surface area contributed by atoms with Crippen molar-refractivity contribution in [2.75, 3.05) is 13.6 Å². The van der Waals surface area contributed by atoms with Gasteiger partial charge in [0.05, 0.1) is 16.6 Å². The van der Waals surface area contributed by atoms with E-state index >= 15 is 0 Å². The zero-order valence-electron chi connectivity index (χ0n) is 11.1. The topological polar surface area (TPSA) is 57.6 Å². The van der Waals surface area contributed by atoms with Gasteiger partial charge in [0.25, 0.3) is 0 Å². The van der Waals surface area contributed by atoms with Gasteiger partial charge in [0, 0.05) is 13.6 Å². The molecule has 1 atom stereocenters. The highest BCUT2D eigenvalue weighted by molar-refractivity contribution is 7.89. The van der Waals surface area contributed by atoms with Crippen LogP contribution in [0.5, 0.6) is 0 Å². The van der Waals surface area contributed by atoms with Gasteiger partial charge in [-0.25, -0.2) is 12.7 Å². The molecule has 1 aromatic rings. The maximum absolute atomic E-state index is 12.8. The van der Waals surface area contributed by atoms with Crippen molar-refractivity contribution in [1.29, 1.82) is 0 Å². The number of rotatable bonds is 5. The summed E-state index contributed by atoms with van der Waals surface area (Å²) in [5, 5.41) is 9.12. The predicted molar refractivity (Wildman–Crippen MR) is 67.6 cm³/mol. The minimum atomic E-state index is -4.74. The number of halogens is 3. The zero-order valence-corrected chi connectivity index (χ0v) is 11.9. The minimum Gasteiger partial charge on any atom is -0.393 e. The molecular weight excluding hydrogens is 295 g/mol. The first-order chi connectivity index (χ1) is 9.06. The van der Waals surface area contributed by atoms with Crippen LogP contribution in [0, 0.1) is 0 Å². The fourth-order valence-corrected chi connectivity index (χ4v) is 2.98. The van der Waals surface area contributed by atoms with E-state index in [1.165, 1.54) is 20.0 Å². The van der Waals surface area contributed by atoms with Gasteiger partial charge in [0.15, 0.2) is 0 Å². The lowest BCUT2D eigenvalue weighted by molar-refractivity contribution is -0.139. The van der Waals surface area contributed by atoms with Crippen molar-refractivity contribution in [3.05, 3.63) is 29.8 Å². The Bertz CT molecular complexity index is 555. The largest absolute Gasteiger partial charge is 0.417 e. The van der Waals surface area contributed by atoms with Crippen molar-refractivity contribution in [2.24, 2.45) is 0 Å². The van der Waals surface area contributed by atoms with Crippen LogP contribution in [0.25, 0.3) is 0 Å². The van der Waals surface area contributed by atoms with Crippen LogP contribution >= 0.6 is 0 Å². The van der Waals surface area contributed by atoms with Gasteiger partial charge in [0.2, 0.25) is 10.0 Å². The highest BCUT2D eigenvalue weighted by atomic mass is 32.2. The van der Waals surface area contributed by atoms with Crippen LogP contribution in [0.15, 0.2) is 29.2 Å². The molecule has 0 heterocycles. The van der Waals surface area contributed by atoms with Gasteiger partial charge in [-0.1, -0.05) is 12.1 Å². The number of sulfonamides is 1. The number of aliphatic hydroxyl groups is 1. The van der Waals surface area contributed by atoms with Gasteiger partial charge >= 0.3 is 6.18 Å². The van der Waals surface area contributed by atoms with E-state index in [0.29, 0.717) is 0 Å². The number of hydrogen-bond donors (Lipinski definition) is 1. The standard InChI is InChI=1S/C12H16F3NO3S/c1-9(17)7-8-16(2)20(18,19)11-6-4-3-5-10(11)12(13,14)15/h3-6,9,17H,7-8H2,1-2H3. The smallest absolute Gasteiger partial charge is 0.393 e. The fourth-order valence-electron chi connectivity index (χ4n) is 1.58. The fraction of sp³-hybridized carbons (Fsp3) is 0.500. The lowest BCUT2D eigenvalue weighted by Crippen LogP contribution is -2.31. The molecule has 1 unspecified atom stereocenters. The Kier molecular flexibility index (Phi) is 5.17. The van der Waals surface area contributed by atoms with E-state index in [4.69, 9.17) is 5.11 Å². The summed E-state index contributed by atoms with van der Waals surface area (Å²) in [7, 11) is -3.06. The van der Waals surface area contributed by atoms with Crippen LogP contribution in [0.1, 0.15) is 18.9 Å². The van der Waals surface area contributed by atoms with Gasteiger partial charge in [-0.05, 0) is 25.5 Å². The molecule has 0 saturated carbocycles. The van der Waals surface area contributed by atoms with Crippen molar-refractivity contribution in [3.63, 3.8) is 0 Å². The molecule has 20 heavy (non-hydrogen) atoms. The summed E-state index contributed by atoms with van der Waals surface area (Å²) in [6.45, 7) is 1.41. The first-order valence-electron chi connectivity index (χ1n) is 5.87. The quantitative estimate of drug-likeness (QED) is 0.906. The van der Waals surface area contributed by atoms with Gasteiger partial charge in [-0.15, -0.1) is 0 Å². The summed E-state index contributed by atoms with van der Waals surface area (Å²) in [5.74, 6) is 0. The zero-order chi connectivity index (χ0) is 15.6. The molecule has 0 aliphatic rings. The second-order valence-corrected chi connectivity index (χ2v) is 6.47. The Balaban J connectivity index is 3.16. The summed E-state index contributed by atoms with van der Waals surface area (Å²) in [6, 6.07) is 4.04. The average molecular weight is 311 g/mol. The molecule has 4 nitrogen and oxygen atoms in total. The van der Waals surface area contributed by atoms with Gasteiger partial charge in [-0.2, -0.15) is 13.2 Å². The lowest BCUT2D eigenvalue weighted by atomic mass is 10.2. The third-order valence-electron chi connectivity index (χ3n) is 2.74. The molecule has 8 heteroatoms. The molecular formula is C12H16F3NO3S. The molecule has 1 N–H and O–H groups in total. The van der Waals surface area contributed by atoms with Crippen molar-refractivity contribution < 1.29 is 26.7 Å². The summed E-state index contributed by atoms with van der Waals surface area (Å²) in [6.07, 6.45) is -5.33. The van der Waals surface area contributed by atoms with E-state index in [-0.39, 0.29) is 13.0 Å². The molecule has 0 amide bonds. The number of nitrogens with zero attached hydrogens (tertiary/aromatic N) is 1. The molecule has 1 rings (SSSR count). The molecule has 0 saturated heterocycles. The number of hydrogen-bond acceptors (Lipinski definition) is 3. The summed E-state index contributed by atoms with van der Waals surface area (Å²) in [4.78, 5) is -0.777. The molecule has 0 aliphatic carbocycles. The Labute approximate surface area is 115 Å². The summed E-state index contributed by atoms with van der Waals surface area (Å²) >= 11 is 0. The highest BCUT2D eigenvalue weighted by Crippen LogP contribution is 2.34. The van der Waals surface area contributed by atoms with Crippen LogP contribution in [0.4, 0.5) is 13.2 Å². The first-order valence-corrected chi connectivity index (χ1v) is 7.31. The van der Waals surface area contributed by atoms with Crippen molar-refractivity contribution in [1.82, 2.24) is 4.31 Å². The van der Waals surface area contributed by atoms with Gasteiger partial charge < -0.3 is 5.11 Å². The molecule has 0 radical (unpaired) electrons. The van der Waals surface area contributed by atoms with Crippen LogP contribution in [-0.2, 0) is 16.2 Å². The summed E-state index contributed by atoms with van der Waals surface area (Å²) in [5.41, 5.74) is -1.19. The molecule has 0 aromatic heterocycles. The first kappa shape index (κ1) is 16.9. The highest BCUT2D eigenvalue weighted by Gasteiger charge is 2.37. The van der Waals surface area contributed by atoms with Gasteiger partial charge in [-0.3, -0.25) is 0 Å². The van der Waals surface area contributed by atoms with E-state index in [2.05, 4.69) is 0 Å². The number of aliphatic hydroxyl groups excluding tert-OH is 1. The van der Waals surface area contributed by atoms with Crippen LogP contribution in [0.3, 0.4) is 0 Å². The predicted octanol–water partition coefficient (Wildman–Crippen LogP) is 2.10. The van der Waals surface area contributed by atoms with Crippen LogP contribution in [0.2, 0.25) is 0 Å². The van der Waals surface area contributed by atoms with Crippen molar-refractivity contribution in [2.45, 2.75) is 30.5 Å². The van der Waals surface area contributed by atoms with E-state index < -0.39 is 32.8 Å². The summed E-state index contributed by atoms with van der Waals surface area (Å²) < 4.78 is 63.6. The van der Waals surface area contributed by atoms with E-state index in [9.17, 15) is 21.6 Å². The molecule has 114 valence electrons. The average Bonchev–Trinajstić information content (AvgIpc) is 2.34. The number of benzene rings is 1. The van der Waals surface area contributed by atoms with E-state index in [1.807, 2.05) is 0 Å². The number of alkyl halides is 3. The SMILES string of the molecule is CC(O)CCN(C)S(=O)(=O)c1ccccc1C(F)(F)F. The monoisotopic (exact) mass is 311 g/mol. The minimum absolute atomic E-state index is 0.0633. The Morgan fingerprint density at radius 3 is 2.35 bits per heavy atom. The molecule has 0 bridgehead atoms. The van der Waals surface area contributed by atoms with E-state index in [0.717, 1.165) is 22.5 Å². The van der Waals surface area contributed by atoms with Gasteiger partial charge in [0.1, 0.15) is 0 Å². The Hall–Kier alpha value is -1.12. The molecule has 0 spiro atoms. The van der Waals surface area contributed by atoms with Crippen LogP contribution in [-0.4, -0.2) is 37.5 Å². The maximum atomic E-state index is 12.8. The molecule has 0 aliphatic heterocycles. The Morgan fingerprint density at radius 2 is 1.85 bits per heavy atom. The van der Waals surface area contributed by atoms with E-state index in [1.54, 1.807) is 0 Å². The second kappa shape index (κ2) is 6.11. The van der Waals surface area contributed by atoms with Crippen molar-refractivity contribution >= 4 is 10.0 Å². The van der Waals surface area contributed by atoms with Crippen molar-refractivity contribution in [3.8, 4) is 0 Å². The van der Waals surface area contributed by atoms with Crippen LogP contribution < -0.4 is 0 Å².